The number of hydrogen-bond acceptors (Lipinski definition) is 4. The molecule has 0 saturated carbocycles. The Morgan fingerprint density at radius 3 is 2.68 bits per heavy atom. The van der Waals surface area contributed by atoms with Crippen LogP contribution in [0.15, 0.2) is 41.2 Å². The fourth-order valence-corrected chi connectivity index (χ4v) is 3.13. The van der Waals surface area contributed by atoms with Gasteiger partial charge in [0.05, 0.1) is 0 Å². The summed E-state index contributed by atoms with van der Waals surface area (Å²) >= 11 is 6.27. The third-order valence-electron chi connectivity index (χ3n) is 4.13. The average Bonchev–Trinajstić information content (AvgIpc) is 3.04. The molecule has 0 fully saturated rings. The normalized spacial score (nSPS) is 12.5. The molecule has 7 heteroatoms. The van der Waals surface area contributed by atoms with Crippen molar-refractivity contribution in [2.45, 2.75) is 6.42 Å². The molecule has 126 valence electrons. The first-order valence-corrected chi connectivity index (χ1v) is 7.87. The predicted molar refractivity (Wildman–Crippen MR) is 91.9 cm³/mol. The minimum Gasteiger partial charge on any atom is -0.477 e. The fraction of sp³-hybridized carbons (Fsp3) is 0.111. The first-order chi connectivity index (χ1) is 12.0. The molecule has 2 heterocycles. The molecule has 0 atom stereocenters. The van der Waals surface area contributed by atoms with Crippen molar-refractivity contribution in [2.24, 2.45) is 0 Å². The number of para-hydroxylation sites is 1. The Bertz CT molecular complexity index is 1070. The number of rotatable bonds is 3. The second kappa shape index (κ2) is 5.82. The van der Waals surface area contributed by atoms with Crippen LogP contribution in [-0.4, -0.2) is 22.9 Å². The molecule has 0 radical (unpaired) electrons. The zero-order valence-electron chi connectivity index (χ0n) is 12.8. The molecular weight excluding hydrogens is 346 g/mol. The van der Waals surface area contributed by atoms with Crippen molar-refractivity contribution >= 4 is 28.5 Å². The zero-order chi connectivity index (χ0) is 17.6. The number of ether oxygens (including phenoxy) is 2. The SMILES string of the molecule is O=C(O)c1[nH]c2ccccc2c(=O)c1Cc1cc2c(cc1Cl)OCO2. The lowest BCUT2D eigenvalue weighted by Gasteiger charge is -2.10. The van der Waals surface area contributed by atoms with E-state index in [1.807, 2.05) is 0 Å². The van der Waals surface area contributed by atoms with Crippen LogP contribution in [0.25, 0.3) is 10.9 Å². The highest BCUT2D eigenvalue weighted by atomic mass is 35.5. The molecule has 0 amide bonds. The largest absolute Gasteiger partial charge is 0.477 e. The third-order valence-corrected chi connectivity index (χ3v) is 4.48. The summed E-state index contributed by atoms with van der Waals surface area (Å²) in [5.41, 5.74) is 0.740. The Kier molecular flexibility index (Phi) is 3.62. The summed E-state index contributed by atoms with van der Waals surface area (Å²) in [6.45, 7) is 0.103. The molecule has 6 nitrogen and oxygen atoms in total. The van der Waals surface area contributed by atoms with Crippen LogP contribution in [0.1, 0.15) is 21.6 Å². The molecule has 25 heavy (non-hydrogen) atoms. The van der Waals surface area contributed by atoms with Gasteiger partial charge >= 0.3 is 5.97 Å². The summed E-state index contributed by atoms with van der Waals surface area (Å²) in [6, 6.07) is 10.1. The molecule has 0 spiro atoms. The van der Waals surface area contributed by atoms with Crippen molar-refractivity contribution in [1.82, 2.24) is 4.98 Å². The maximum atomic E-state index is 12.8. The smallest absolute Gasteiger partial charge is 0.352 e. The number of aromatic amines is 1. The standard InChI is InChI=1S/C18H12ClNO5/c19-12-7-15-14(24-8-25-15)6-9(12)5-11-16(18(22)23)20-13-4-2-1-3-10(13)17(11)21/h1-4,6-7H,5,8H2,(H,20,21)(H,22,23). The lowest BCUT2D eigenvalue weighted by Crippen LogP contribution is -2.18. The van der Waals surface area contributed by atoms with Gasteiger partial charge in [-0.25, -0.2) is 4.79 Å². The highest BCUT2D eigenvalue weighted by Crippen LogP contribution is 2.37. The highest BCUT2D eigenvalue weighted by Gasteiger charge is 2.21. The van der Waals surface area contributed by atoms with Crippen LogP contribution in [-0.2, 0) is 6.42 Å². The van der Waals surface area contributed by atoms with E-state index in [0.29, 0.717) is 33.0 Å². The molecule has 2 aromatic carbocycles. The molecule has 2 N–H and O–H groups in total. The summed E-state index contributed by atoms with van der Waals surface area (Å²) in [5.74, 6) is -0.150. The molecule has 1 aliphatic rings. The van der Waals surface area contributed by atoms with E-state index in [0.717, 1.165) is 0 Å². The van der Waals surface area contributed by atoms with Crippen LogP contribution in [0.2, 0.25) is 5.02 Å². The quantitative estimate of drug-likeness (QED) is 0.751. The number of aromatic nitrogens is 1. The lowest BCUT2D eigenvalue weighted by atomic mass is 10.00. The molecule has 3 aromatic rings. The second-order valence-electron chi connectivity index (χ2n) is 5.63. The topological polar surface area (TPSA) is 88.6 Å². The van der Waals surface area contributed by atoms with Crippen molar-refractivity contribution < 1.29 is 19.4 Å². The summed E-state index contributed by atoms with van der Waals surface area (Å²) in [4.78, 5) is 27.3. The van der Waals surface area contributed by atoms with Gasteiger partial charge in [0.1, 0.15) is 5.69 Å². The van der Waals surface area contributed by atoms with Gasteiger partial charge in [-0.2, -0.15) is 0 Å². The number of carboxylic acids is 1. The Labute approximate surface area is 146 Å². The van der Waals surface area contributed by atoms with E-state index >= 15 is 0 Å². The van der Waals surface area contributed by atoms with Crippen LogP contribution in [0.5, 0.6) is 11.5 Å². The van der Waals surface area contributed by atoms with Gasteiger partial charge in [0, 0.05) is 34.0 Å². The minimum absolute atomic E-state index is 0.0667. The van der Waals surface area contributed by atoms with Crippen LogP contribution >= 0.6 is 11.6 Å². The number of aromatic carboxylic acids is 1. The van der Waals surface area contributed by atoms with E-state index in [-0.39, 0.29) is 29.9 Å². The summed E-state index contributed by atoms with van der Waals surface area (Å²) in [6.07, 6.45) is 0.0667. The second-order valence-corrected chi connectivity index (χ2v) is 6.04. The number of fused-ring (bicyclic) bond motifs is 2. The van der Waals surface area contributed by atoms with Gasteiger partial charge in [-0.05, 0) is 23.8 Å². The van der Waals surface area contributed by atoms with E-state index < -0.39 is 5.97 Å². The monoisotopic (exact) mass is 357 g/mol. The van der Waals surface area contributed by atoms with Gasteiger partial charge < -0.3 is 19.6 Å². The van der Waals surface area contributed by atoms with Crippen molar-refractivity contribution in [3.05, 3.63) is 68.5 Å². The third kappa shape index (κ3) is 2.60. The van der Waals surface area contributed by atoms with Gasteiger partial charge in [0.25, 0.3) is 0 Å². The van der Waals surface area contributed by atoms with Gasteiger partial charge in [0.15, 0.2) is 16.9 Å². The van der Waals surface area contributed by atoms with Crippen molar-refractivity contribution in [1.29, 1.82) is 0 Å². The Balaban J connectivity index is 1.89. The molecular formula is C18H12ClNO5. The maximum absolute atomic E-state index is 12.8. The molecule has 1 aliphatic heterocycles. The number of carboxylic acid groups (broad SMARTS) is 1. The fourth-order valence-electron chi connectivity index (χ4n) is 2.91. The number of halogens is 1. The number of benzene rings is 2. The highest BCUT2D eigenvalue weighted by molar-refractivity contribution is 6.31. The van der Waals surface area contributed by atoms with Crippen LogP contribution < -0.4 is 14.9 Å². The number of carbonyl (C=O) groups is 1. The van der Waals surface area contributed by atoms with Gasteiger partial charge in [-0.15, -0.1) is 0 Å². The van der Waals surface area contributed by atoms with Crippen LogP contribution in [0, 0.1) is 0 Å². The predicted octanol–water partition coefficient (Wildman–Crippen LogP) is 3.20. The van der Waals surface area contributed by atoms with E-state index in [2.05, 4.69) is 4.98 Å². The maximum Gasteiger partial charge on any atom is 0.352 e. The Morgan fingerprint density at radius 2 is 1.92 bits per heavy atom. The summed E-state index contributed by atoms with van der Waals surface area (Å²) in [5, 5.41) is 10.3. The molecule has 0 saturated heterocycles. The molecule has 0 aliphatic carbocycles. The number of hydrogen-bond donors (Lipinski definition) is 2. The van der Waals surface area contributed by atoms with E-state index in [1.54, 1.807) is 36.4 Å². The number of H-pyrrole nitrogens is 1. The van der Waals surface area contributed by atoms with Crippen molar-refractivity contribution in [3.63, 3.8) is 0 Å². The summed E-state index contributed by atoms with van der Waals surface area (Å²) < 4.78 is 10.6. The van der Waals surface area contributed by atoms with Crippen LogP contribution in [0.3, 0.4) is 0 Å². The molecule has 0 unspecified atom stereocenters. The van der Waals surface area contributed by atoms with Gasteiger partial charge in [-0.1, -0.05) is 23.7 Å². The number of pyridine rings is 1. The summed E-state index contributed by atoms with van der Waals surface area (Å²) in [7, 11) is 0. The van der Waals surface area contributed by atoms with E-state index in [9.17, 15) is 14.7 Å². The van der Waals surface area contributed by atoms with Crippen molar-refractivity contribution in [2.75, 3.05) is 6.79 Å². The van der Waals surface area contributed by atoms with E-state index in [1.165, 1.54) is 0 Å². The van der Waals surface area contributed by atoms with Gasteiger partial charge in [0.2, 0.25) is 6.79 Å². The average molecular weight is 358 g/mol. The molecule has 1 aromatic heterocycles. The lowest BCUT2D eigenvalue weighted by molar-refractivity contribution is 0.0689. The van der Waals surface area contributed by atoms with Gasteiger partial charge in [-0.3, -0.25) is 4.79 Å². The molecule has 4 rings (SSSR count). The van der Waals surface area contributed by atoms with Crippen LogP contribution in [0.4, 0.5) is 0 Å². The minimum atomic E-state index is -1.20. The Morgan fingerprint density at radius 1 is 1.20 bits per heavy atom. The number of nitrogens with one attached hydrogen (secondary N) is 1. The zero-order valence-corrected chi connectivity index (χ0v) is 13.6. The molecule has 0 bridgehead atoms. The first kappa shape index (κ1) is 15.5. The van der Waals surface area contributed by atoms with Crippen molar-refractivity contribution in [3.8, 4) is 11.5 Å². The van der Waals surface area contributed by atoms with E-state index in [4.69, 9.17) is 21.1 Å². The first-order valence-electron chi connectivity index (χ1n) is 7.50. The Hall–Kier alpha value is -2.99.